The molecule has 2 rings (SSSR count). The van der Waals surface area contributed by atoms with E-state index in [1.165, 1.54) is 0 Å². The van der Waals surface area contributed by atoms with Crippen LogP contribution in [0.3, 0.4) is 0 Å². The van der Waals surface area contributed by atoms with Crippen LogP contribution in [0.25, 0.3) is 0 Å². The van der Waals surface area contributed by atoms with E-state index in [1.54, 1.807) is 0 Å². The molecule has 0 bridgehead atoms. The van der Waals surface area contributed by atoms with Crippen molar-refractivity contribution in [1.29, 1.82) is 0 Å². The Bertz CT molecular complexity index is 724. The van der Waals surface area contributed by atoms with Crippen LogP contribution >= 0.6 is 0 Å². The van der Waals surface area contributed by atoms with Crippen molar-refractivity contribution < 1.29 is 28.9 Å². The first-order valence-electron chi connectivity index (χ1n) is 9.51. The van der Waals surface area contributed by atoms with E-state index in [0.29, 0.717) is 5.75 Å². The van der Waals surface area contributed by atoms with E-state index in [9.17, 15) is 9.59 Å². The number of rotatable bonds is 7. The molecular weight excluding hydrogens is 348 g/mol. The first-order valence-corrected chi connectivity index (χ1v) is 9.51. The SMILES string of the molecule is CCC1(C)CCc2c(C)c(OC(=O)CCC(=O)OCCO)c(C)c(C)c2O1. The fraction of sp³-hybridized carbons (Fsp3) is 0.619. The fourth-order valence-corrected chi connectivity index (χ4v) is 3.28. The summed E-state index contributed by atoms with van der Waals surface area (Å²) in [5.74, 6) is 0.469. The van der Waals surface area contributed by atoms with Crippen LogP contribution in [0.2, 0.25) is 0 Å². The predicted molar refractivity (Wildman–Crippen MR) is 101 cm³/mol. The average molecular weight is 378 g/mol. The van der Waals surface area contributed by atoms with E-state index in [-0.39, 0.29) is 31.7 Å². The van der Waals surface area contributed by atoms with Crippen LogP contribution in [-0.4, -0.2) is 35.9 Å². The van der Waals surface area contributed by atoms with Crippen LogP contribution < -0.4 is 9.47 Å². The van der Waals surface area contributed by atoms with Crippen LogP contribution in [-0.2, 0) is 20.7 Å². The van der Waals surface area contributed by atoms with E-state index in [2.05, 4.69) is 13.8 Å². The lowest BCUT2D eigenvalue weighted by Gasteiger charge is -2.37. The molecule has 0 aliphatic carbocycles. The summed E-state index contributed by atoms with van der Waals surface area (Å²) in [5.41, 5.74) is 3.71. The number of carbonyl (C=O) groups is 2. The predicted octanol–water partition coefficient (Wildman–Crippen LogP) is 3.33. The molecule has 1 aliphatic heterocycles. The summed E-state index contributed by atoms with van der Waals surface area (Å²) in [5, 5.41) is 8.64. The first kappa shape index (κ1) is 21.2. The number of hydrogen-bond acceptors (Lipinski definition) is 6. The Balaban J connectivity index is 2.16. The second kappa shape index (κ2) is 8.74. The normalized spacial score (nSPS) is 18.4. The second-order valence-corrected chi connectivity index (χ2v) is 7.34. The summed E-state index contributed by atoms with van der Waals surface area (Å²) in [4.78, 5) is 23.7. The molecule has 1 aliphatic rings. The maximum atomic E-state index is 12.2. The van der Waals surface area contributed by atoms with Gasteiger partial charge in [0, 0.05) is 5.56 Å². The molecule has 27 heavy (non-hydrogen) atoms. The minimum atomic E-state index is -0.525. The Morgan fingerprint density at radius 2 is 1.78 bits per heavy atom. The molecule has 1 N–H and O–H groups in total. The maximum Gasteiger partial charge on any atom is 0.311 e. The third-order valence-electron chi connectivity index (χ3n) is 5.41. The number of aliphatic hydroxyl groups is 1. The Kier molecular flexibility index (Phi) is 6.87. The van der Waals surface area contributed by atoms with Gasteiger partial charge in [0.15, 0.2) is 0 Å². The molecule has 6 nitrogen and oxygen atoms in total. The van der Waals surface area contributed by atoms with Gasteiger partial charge >= 0.3 is 11.9 Å². The average Bonchev–Trinajstić information content (AvgIpc) is 2.66. The van der Waals surface area contributed by atoms with Crippen molar-refractivity contribution in [3.8, 4) is 11.5 Å². The highest BCUT2D eigenvalue weighted by Crippen LogP contribution is 2.44. The molecule has 0 fully saturated rings. The van der Waals surface area contributed by atoms with Gasteiger partial charge in [-0.15, -0.1) is 0 Å². The van der Waals surface area contributed by atoms with Crippen molar-refractivity contribution in [2.45, 2.75) is 72.3 Å². The van der Waals surface area contributed by atoms with Crippen LogP contribution in [0.1, 0.15) is 61.8 Å². The third-order valence-corrected chi connectivity index (χ3v) is 5.41. The van der Waals surface area contributed by atoms with E-state index in [0.717, 1.165) is 47.3 Å². The van der Waals surface area contributed by atoms with Crippen LogP contribution in [0, 0.1) is 20.8 Å². The van der Waals surface area contributed by atoms with Gasteiger partial charge in [-0.05, 0) is 63.6 Å². The lowest BCUT2D eigenvalue weighted by molar-refractivity contribution is -0.147. The number of aliphatic hydroxyl groups excluding tert-OH is 1. The number of ether oxygens (including phenoxy) is 3. The fourth-order valence-electron chi connectivity index (χ4n) is 3.28. The summed E-state index contributed by atoms with van der Waals surface area (Å²) in [6.45, 7) is 9.81. The highest BCUT2D eigenvalue weighted by atomic mass is 16.5. The molecule has 0 saturated carbocycles. The maximum absolute atomic E-state index is 12.2. The summed E-state index contributed by atoms with van der Waals surface area (Å²) in [7, 11) is 0. The molecule has 150 valence electrons. The molecule has 1 aromatic rings. The molecule has 1 atom stereocenters. The molecule has 0 aromatic heterocycles. The third kappa shape index (κ3) is 4.80. The van der Waals surface area contributed by atoms with Gasteiger partial charge in [-0.25, -0.2) is 0 Å². The van der Waals surface area contributed by atoms with Gasteiger partial charge in [0.05, 0.1) is 19.4 Å². The van der Waals surface area contributed by atoms with Crippen LogP contribution in [0.15, 0.2) is 0 Å². The van der Waals surface area contributed by atoms with Crippen molar-refractivity contribution in [2.24, 2.45) is 0 Å². The van der Waals surface area contributed by atoms with E-state index < -0.39 is 11.9 Å². The van der Waals surface area contributed by atoms with Gasteiger partial charge in [0.1, 0.15) is 23.7 Å². The lowest BCUT2D eigenvalue weighted by atomic mass is 9.86. The van der Waals surface area contributed by atoms with Crippen molar-refractivity contribution in [3.05, 3.63) is 22.3 Å². The number of benzene rings is 1. The summed E-state index contributed by atoms with van der Waals surface area (Å²) in [6.07, 6.45) is 2.60. The largest absolute Gasteiger partial charge is 0.487 e. The van der Waals surface area contributed by atoms with Crippen molar-refractivity contribution in [2.75, 3.05) is 13.2 Å². The quantitative estimate of drug-likeness (QED) is 0.579. The highest BCUT2D eigenvalue weighted by Gasteiger charge is 2.33. The first-order chi connectivity index (χ1) is 12.7. The topological polar surface area (TPSA) is 82.1 Å². The smallest absolute Gasteiger partial charge is 0.311 e. The highest BCUT2D eigenvalue weighted by molar-refractivity contribution is 5.80. The van der Waals surface area contributed by atoms with Gasteiger partial charge in [-0.3, -0.25) is 9.59 Å². The molecule has 0 spiro atoms. The Labute approximate surface area is 160 Å². The number of hydrogen-bond donors (Lipinski definition) is 1. The summed E-state index contributed by atoms with van der Waals surface area (Å²) < 4.78 is 16.7. The Hall–Kier alpha value is -2.08. The molecule has 1 heterocycles. The Morgan fingerprint density at radius 1 is 1.11 bits per heavy atom. The van der Waals surface area contributed by atoms with E-state index >= 15 is 0 Å². The number of esters is 2. The minimum Gasteiger partial charge on any atom is -0.487 e. The summed E-state index contributed by atoms with van der Waals surface area (Å²) in [6, 6.07) is 0. The van der Waals surface area contributed by atoms with Crippen LogP contribution in [0.5, 0.6) is 11.5 Å². The van der Waals surface area contributed by atoms with Crippen molar-refractivity contribution >= 4 is 11.9 Å². The van der Waals surface area contributed by atoms with Gasteiger partial charge in [0.2, 0.25) is 0 Å². The van der Waals surface area contributed by atoms with Crippen molar-refractivity contribution in [3.63, 3.8) is 0 Å². The number of fused-ring (bicyclic) bond motifs is 1. The minimum absolute atomic E-state index is 0.0627. The van der Waals surface area contributed by atoms with E-state index in [4.69, 9.17) is 19.3 Å². The second-order valence-electron chi connectivity index (χ2n) is 7.34. The van der Waals surface area contributed by atoms with Crippen molar-refractivity contribution in [1.82, 2.24) is 0 Å². The van der Waals surface area contributed by atoms with Gasteiger partial charge in [-0.1, -0.05) is 6.92 Å². The zero-order chi connectivity index (χ0) is 20.2. The monoisotopic (exact) mass is 378 g/mol. The molecule has 6 heteroatoms. The molecular formula is C21H30O6. The Morgan fingerprint density at radius 3 is 2.41 bits per heavy atom. The molecule has 0 saturated heterocycles. The molecule has 1 unspecified atom stereocenters. The number of carbonyl (C=O) groups excluding carboxylic acids is 2. The van der Waals surface area contributed by atoms with Crippen LogP contribution in [0.4, 0.5) is 0 Å². The van der Waals surface area contributed by atoms with E-state index in [1.807, 2.05) is 20.8 Å². The zero-order valence-electron chi connectivity index (χ0n) is 16.9. The molecule has 0 radical (unpaired) electrons. The van der Waals surface area contributed by atoms with Gasteiger partial charge < -0.3 is 19.3 Å². The standard InChI is InChI=1S/C21H30O6/c1-6-21(5)10-9-16-15(4)19(13(2)14(3)20(16)27-21)26-18(24)8-7-17(23)25-12-11-22/h22H,6-12H2,1-5H3. The van der Waals surface area contributed by atoms with Gasteiger partial charge in [0.25, 0.3) is 0 Å². The molecule has 1 aromatic carbocycles. The zero-order valence-corrected chi connectivity index (χ0v) is 16.9. The summed E-state index contributed by atoms with van der Waals surface area (Å²) >= 11 is 0. The lowest BCUT2D eigenvalue weighted by Crippen LogP contribution is -2.36. The molecule has 0 amide bonds. The van der Waals surface area contributed by atoms with Gasteiger partial charge in [-0.2, -0.15) is 0 Å².